The highest BCUT2D eigenvalue weighted by Crippen LogP contribution is 2.14. The molecule has 2 aliphatic rings. The van der Waals surface area contributed by atoms with Gasteiger partial charge in [-0.25, -0.2) is 0 Å². The van der Waals surface area contributed by atoms with Gasteiger partial charge in [-0.05, 0) is 0 Å². The zero-order chi connectivity index (χ0) is 7.14. The fraction of sp³-hybridized carbons (Fsp3) is 0.333. The normalized spacial score (nSPS) is 23.6. The van der Waals surface area contributed by atoms with Crippen LogP contribution < -0.4 is 10.6 Å². The van der Waals surface area contributed by atoms with E-state index in [2.05, 4.69) is 10.6 Å². The predicted octanol–water partition coefficient (Wildman–Crippen LogP) is -1.46. The highest BCUT2D eigenvalue weighted by atomic mass is 16.2. The Morgan fingerprint density at radius 2 is 1.50 bits per heavy atom. The number of carbonyl (C=O) groups excluding carboxylic acids is 2. The minimum atomic E-state index is -0.231. The smallest absolute Gasteiger partial charge is 0.255 e. The lowest BCUT2D eigenvalue weighted by Gasteiger charge is -1.95. The van der Waals surface area contributed by atoms with Gasteiger partial charge in [0.25, 0.3) is 11.8 Å². The molecule has 2 rings (SSSR count). The van der Waals surface area contributed by atoms with E-state index < -0.39 is 0 Å². The Labute approximate surface area is 57.3 Å². The van der Waals surface area contributed by atoms with E-state index in [4.69, 9.17) is 0 Å². The van der Waals surface area contributed by atoms with E-state index in [9.17, 15) is 9.59 Å². The van der Waals surface area contributed by atoms with Gasteiger partial charge in [-0.15, -0.1) is 0 Å². The van der Waals surface area contributed by atoms with Crippen LogP contribution in [0.4, 0.5) is 0 Å². The molecule has 0 bridgehead atoms. The van der Waals surface area contributed by atoms with Crippen molar-refractivity contribution in [1.29, 1.82) is 0 Å². The maximum atomic E-state index is 10.8. The van der Waals surface area contributed by atoms with Crippen LogP contribution in [0.25, 0.3) is 0 Å². The first-order valence-electron chi connectivity index (χ1n) is 3.07. The zero-order valence-corrected chi connectivity index (χ0v) is 5.23. The van der Waals surface area contributed by atoms with Crippen LogP contribution in [0.2, 0.25) is 0 Å². The lowest BCUT2D eigenvalue weighted by molar-refractivity contribution is -0.124. The number of imide groups is 1. The molecule has 2 amide bonds. The molecule has 10 heavy (non-hydrogen) atoms. The largest absolute Gasteiger partial charge is 0.308 e. The number of nitrogens with one attached hydrogen (secondary N) is 2. The van der Waals surface area contributed by atoms with Crippen molar-refractivity contribution in [2.75, 3.05) is 13.1 Å². The fourth-order valence-electron chi connectivity index (χ4n) is 1.21. The van der Waals surface area contributed by atoms with Gasteiger partial charge >= 0.3 is 0 Å². The van der Waals surface area contributed by atoms with Crippen LogP contribution in [0.1, 0.15) is 0 Å². The molecule has 0 fully saturated rings. The minimum absolute atomic E-state index is 0.231. The monoisotopic (exact) mass is 138 g/mol. The molecule has 0 aromatic carbocycles. The van der Waals surface area contributed by atoms with Crippen LogP contribution in [0.15, 0.2) is 11.1 Å². The zero-order valence-electron chi connectivity index (χ0n) is 5.23. The van der Waals surface area contributed by atoms with Gasteiger partial charge in [-0.1, -0.05) is 0 Å². The molecule has 0 spiro atoms. The summed E-state index contributed by atoms with van der Waals surface area (Å²) in [6.45, 7) is 1.07. The van der Waals surface area contributed by atoms with Crippen molar-refractivity contribution in [3.63, 3.8) is 0 Å². The molecule has 4 nitrogen and oxygen atoms in total. The summed E-state index contributed by atoms with van der Waals surface area (Å²) in [6.07, 6.45) is 0. The molecule has 0 saturated carbocycles. The van der Waals surface area contributed by atoms with Crippen LogP contribution in [0.3, 0.4) is 0 Å². The number of rotatable bonds is 0. The van der Waals surface area contributed by atoms with Gasteiger partial charge in [0.15, 0.2) is 0 Å². The Hall–Kier alpha value is -1.16. The van der Waals surface area contributed by atoms with Crippen molar-refractivity contribution in [2.45, 2.75) is 0 Å². The molecule has 0 aromatic rings. The van der Waals surface area contributed by atoms with Crippen LogP contribution in [-0.4, -0.2) is 24.9 Å². The quantitative estimate of drug-likeness (QED) is 0.402. The summed E-state index contributed by atoms with van der Waals surface area (Å²) < 4.78 is 0. The summed E-state index contributed by atoms with van der Waals surface area (Å²) in [7, 11) is 0. The molecule has 0 aromatic heterocycles. The second-order valence-electron chi connectivity index (χ2n) is 2.34. The third kappa shape index (κ3) is 0.537. The summed E-state index contributed by atoms with van der Waals surface area (Å²) in [5.74, 6) is -0.463. The Bertz CT molecular complexity index is 230. The molecular weight excluding hydrogens is 132 g/mol. The highest BCUT2D eigenvalue weighted by molar-refractivity contribution is 6.20. The molecule has 52 valence electrons. The van der Waals surface area contributed by atoms with E-state index in [0.717, 1.165) is 0 Å². The van der Waals surface area contributed by atoms with Gasteiger partial charge in [-0.3, -0.25) is 14.9 Å². The second kappa shape index (κ2) is 1.67. The molecule has 0 aliphatic carbocycles. The van der Waals surface area contributed by atoms with Gasteiger partial charge < -0.3 is 5.32 Å². The van der Waals surface area contributed by atoms with Crippen LogP contribution in [0, 0.1) is 0 Å². The van der Waals surface area contributed by atoms with Crippen LogP contribution >= 0.6 is 0 Å². The van der Waals surface area contributed by atoms with Crippen molar-refractivity contribution in [2.24, 2.45) is 0 Å². The van der Waals surface area contributed by atoms with E-state index in [0.29, 0.717) is 24.2 Å². The molecule has 2 aliphatic heterocycles. The summed E-state index contributed by atoms with van der Waals surface area (Å²) in [5.41, 5.74) is 1.23. The second-order valence-corrected chi connectivity index (χ2v) is 2.34. The molecule has 0 radical (unpaired) electrons. The predicted molar refractivity (Wildman–Crippen MR) is 33.0 cm³/mol. The third-order valence-corrected chi connectivity index (χ3v) is 1.74. The summed E-state index contributed by atoms with van der Waals surface area (Å²) >= 11 is 0. The molecule has 2 N–H and O–H groups in total. The standard InChI is InChI=1S/C6H6N2O2/c9-5-3-1-7-2-4(3)6(10)8-5/h7H,1-2H2,(H,8,9,10). The maximum absolute atomic E-state index is 10.8. The van der Waals surface area contributed by atoms with Crippen molar-refractivity contribution in [3.8, 4) is 0 Å². The maximum Gasteiger partial charge on any atom is 0.255 e. The Morgan fingerprint density at radius 3 is 2.00 bits per heavy atom. The van der Waals surface area contributed by atoms with E-state index in [1.165, 1.54) is 0 Å². The van der Waals surface area contributed by atoms with Gasteiger partial charge in [0.1, 0.15) is 0 Å². The lowest BCUT2D eigenvalue weighted by Crippen LogP contribution is -2.29. The van der Waals surface area contributed by atoms with Gasteiger partial charge in [-0.2, -0.15) is 0 Å². The van der Waals surface area contributed by atoms with E-state index in [1.54, 1.807) is 0 Å². The summed E-state index contributed by atoms with van der Waals surface area (Å²) in [6, 6.07) is 0. The molecule has 0 unspecified atom stereocenters. The molecule has 0 atom stereocenters. The summed E-state index contributed by atoms with van der Waals surface area (Å²) in [4.78, 5) is 21.7. The van der Waals surface area contributed by atoms with Crippen molar-refractivity contribution in [1.82, 2.24) is 10.6 Å². The van der Waals surface area contributed by atoms with E-state index in [1.807, 2.05) is 0 Å². The van der Waals surface area contributed by atoms with Crippen LogP contribution in [0.5, 0.6) is 0 Å². The Balaban J connectivity index is 2.45. The number of carbonyl (C=O) groups is 2. The fourth-order valence-corrected chi connectivity index (χ4v) is 1.21. The van der Waals surface area contributed by atoms with Crippen molar-refractivity contribution < 1.29 is 9.59 Å². The molecule has 0 saturated heterocycles. The first-order chi connectivity index (χ1) is 4.79. The first kappa shape index (κ1) is 5.61. The number of amides is 2. The van der Waals surface area contributed by atoms with E-state index >= 15 is 0 Å². The highest BCUT2D eigenvalue weighted by Gasteiger charge is 2.32. The SMILES string of the molecule is O=C1NC(=O)C2=C1CNC2. The number of hydrogen-bond donors (Lipinski definition) is 2. The molecule has 2 heterocycles. The topological polar surface area (TPSA) is 58.2 Å². The third-order valence-electron chi connectivity index (χ3n) is 1.74. The molecular formula is C6H6N2O2. The average Bonchev–Trinajstić information content (AvgIpc) is 2.39. The van der Waals surface area contributed by atoms with Gasteiger partial charge in [0.2, 0.25) is 0 Å². The molecule has 4 heteroatoms. The Kier molecular flexibility index (Phi) is 0.935. The van der Waals surface area contributed by atoms with Crippen molar-refractivity contribution >= 4 is 11.8 Å². The van der Waals surface area contributed by atoms with Crippen LogP contribution in [-0.2, 0) is 9.59 Å². The summed E-state index contributed by atoms with van der Waals surface area (Å²) in [5, 5.41) is 5.16. The van der Waals surface area contributed by atoms with Gasteiger partial charge in [0, 0.05) is 24.2 Å². The average molecular weight is 138 g/mol. The van der Waals surface area contributed by atoms with Crippen molar-refractivity contribution in [3.05, 3.63) is 11.1 Å². The minimum Gasteiger partial charge on any atom is -0.308 e. The number of hydrogen-bond acceptors (Lipinski definition) is 3. The Morgan fingerprint density at radius 1 is 1.00 bits per heavy atom. The lowest BCUT2D eigenvalue weighted by atomic mass is 10.2. The van der Waals surface area contributed by atoms with Gasteiger partial charge in [0.05, 0.1) is 0 Å². The first-order valence-corrected chi connectivity index (χ1v) is 3.07. The van der Waals surface area contributed by atoms with E-state index in [-0.39, 0.29) is 11.8 Å².